The van der Waals surface area contributed by atoms with E-state index >= 15 is 0 Å². The minimum Gasteiger partial charge on any atom is -0.326 e. The maximum Gasteiger partial charge on any atom is 0.227 e. The molecule has 30 heavy (non-hydrogen) atoms. The molecular weight excluding hydrogens is 422 g/mol. The fourth-order valence-corrected chi connectivity index (χ4v) is 4.77. The highest BCUT2D eigenvalue weighted by atomic mass is 35.5. The van der Waals surface area contributed by atoms with Crippen LogP contribution < -0.4 is 5.32 Å². The van der Waals surface area contributed by atoms with Crippen molar-refractivity contribution in [3.63, 3.8) is 0 Å². The van der Waals surface area contributed by atoms with Crippen molar-refractivity contribution >= 4 is 45.7 Å². The smallest absolute Gasteiger partial charge is 0.227 e. The van der Waals surface area contributed by atoms with Crippen LogP contribution in [0.3, 0.4) is 0 Å². The standard InChI is InChI=1S/C24H23Cl2FN2O/c1-14(24(30)29-18-7-8-21(25)22(26)13-18)15-2-4-16(5-3-15)19-10-11-28-23-9-6-17(27)12-20(19)23/h6-16H,2-5H2,1H3,(H,29,30)/t14-,15-,16+/m1/s1. The molecule has 1 aliphatic rings. The number of rotatable bonds is 4. The second kappa shape index (κ2) is 8.91. The molecule has 0 bridgehead atoms. The average molecular weight is 445 g/mol. The molecule has 0 unspecified atom stereocenters. The van der Waals surface area contributed by atoms with Gasteiger partial charge in [-0.1, -0.05) is 30.1 Å². The summed E-state index contributed by atoms with van der Waals surface area (Å²) in [4.78, 5) is 17.1. The number of nitrogens with zero attached hydrogens (tertiary/aromatic N) is 1. The number of aromatic nitrogens is 1. The molecule has 0 spiro atoms. The Morgan fingerprint density at radius 1 is 1.07 bits per heavy atom. The van der Waals surface area contributed by atoms with Crippen LogP contribution in [-0.2, 0) is 4.79 Å². The second-order valence-electron chi connectivity index (χ2n) is 8.08. The zero-order valence-corrected chi connectivity index (χ0v) is 18.2. The third-order valence-electron chi connectivity index (χ3n) is 6.26. The molecule has 3 nitrogen and oxygen atoms in total. The summed E-state index contributed by atoms with van der Waals surface area (Å²) in [7, 11) is 0. The van der Waals surface area contributed by atoms with E-state index in [1.807, 2.05) is 13.0 Å². The Morgan fingerprint density at radius 2 is 1.83 bits per heavy atom. The van der Waals surface area contributed by atoms with Gasteiger partial charge in [0.2, 0.25) is 5.91 Å². The quantitative estimate of drug-likeness (QED) is 0.460. The molecule has 4 rings (SSSR count). The molecule has 0 radical (unpaired) electrons. The predicted octanol–water partition coefficient (Wildman–Crippen LogP) is 7.23. The highest BCUT2D eigenvalue weighted by molar-refractivity contribution is 6.42. The van der Waals surface area contributed by atoms with Crippen molar-refractivity contribution in [2.75, 3.05) is 5.32 Å². The molecule has 1 atom stereocenters. The van der Waals surface area contributed by atoms with Crippen LogP contribution in [0, 0.1) is 17.7 Å². The van der Waals surface area contributed by atoms with Crippen LogP contribution in [0.25, 0.3) is 10.9 Å². The molecule has 1 amide bonds. The van der Waals surface area contributed by atoms with Gasteiger partial charge in [-0.2, -0.15) is 0 Å². The number of hydrogen-bond donors (Lipinski definition) is 1. The fourth-order valence-electron chi connectivity index (χ4n) is 4.47. The average Bonchev–Trinajstić information content (AvgIpc) is 2.75. The largest absolute Gasteiger partial charge is 0.326 e. The highest BCUT2D eigenvalue weighted by Gasteiger charge is 2.30. The molecule has 0 saturated heterocycles. The number of anilines is 1. The van der Waals surface area contributed by atoms with Crippen LogP contribution in [-0.4, -0.2) is 10.9 Å². The number of pyridine rings is 1. The van der Waals surface area contributed by atoms with E-state index in [1.54, 1.807) is 36.5 Å². The number of halogens is 3. The van der Waals surface area contributed by atoms with E-state index < -0.39 is 0 Å². The third-order valence-corrected chi connectivity index (χ3v) is 7.00. The number of benzene rings is 2. The Labute approximate surface area is 185 Å². The van der Waals surface area contributed by atoms with E-state index in [0.29, 0.717) is 27.6 Å². The maximum absolute atomic E-state index is 13.8. The number of amides is 1. The summed E-state index contributed by atoms with van der Waals surface area (Å²) in [6, 6.07) is 11.9. The van der Waals surface area contributed by atoms with Gasteiger partial charge in [-0.15, -0.1) is 0 Å². The van der Waals surface area contributed by atoms with Crippen LogP contribution in [0.2, 0.25) is 10.0 Å². The highest BCUT2D eigenvalue weighted by Crippen LogP contribution is 2.41. The molecule has 1 saturated carbocycles. The van der Waals surface area contributed by atoms with Gasteiger partial charge < -0.3 is 5.32 Å². The molecular formula is C24H23Cl2FN2O. The number of hydrogen-bond acceptors (Lipinski definition) is 2. The summed E-state index contributed by atoms with van der Waals surface area (Å²) in [5.41, 5.74) is 2.64. The lowest BCUT2D eigenvalue weighted by Crippen LogP contribution is -2.29. The number of nitrogens with one attached hydrogen (secondary N) is 1. The Morgan fingerprint density at radius 3 is 2.57 bits per heavy atom. The fraction of sp³-hybridized carbons (Fsp3) is 0.333. The van der Waals surface area contributed by atoms with Gasteiger partial charge >= 0.3 is 0 Å². The van der Waals surface area contributed by atoms with Crippen LogP contribution in [0.4, 0.5) is 10.1 Å². The molecule has 1 fully saturated rings. The first-order valence-corrected chi connectivity index (χ1v) is 11.0. The van der Waals surface area contributed by atoms with Gasteiger partial charge in [0.1, 0.15) is 5.82 Å². The minimum atomic E-state index is -0.238. The zero-order chi connectivity index (χ0) is 21.3. The second-order valence-corrected chi connectivity index (χ2v) is 8.89. The van der Waals surface area contributed by atoms with Gasteiger partial charge in [0.05, 0.1) is 15.6 Å². The van der Waals surface area contributed by atoms with E-state index in [9.17, 15) is 9.18 Å². The Hall–Kier alpha value is -2.17. The Kier molecular flexibility index (Phi) is 6.26. The van der Waals surface area contributed by atoms with Gasteiger partial charge in [0, 0.05) is 23.2 Å². The first-order valence-electron chi connectivity index (χ1n) is 10.2. The van der Waals surface area contributed by atoms with Crippen LogP contribution >= 0.6 is 23.2 Å². The van der Waals surface area contributed by atoms with Gasteiger partial charge in [-0.25, -0.2) is 4.39 Å². The summed E-state index contributed by atoms with van der Waals surface area (Å²) in [6.07, 6.45) is 5.67. The molecule has 1 N–H and O–H groups in total. The predicted molar refractivity (Wildman–Crippen MR) is 121 cm³/mol. The molecule has 0 aliphatic heterocycles. The Bertz CT molecular complexity index is 1080. The normalized spacial score (nSPS) is 20.1. The molecule has 156 valence electrons. The van der Waals surface area contributed by atoms with Crippen LogP contribution in [0.5, 0.6) is 0 Å². The minimum absolute atomic E-state index is 0.00623. The summed E-state index contributed by atoms with van der Waals surface area (Å²) in [5, 5.41) is 4.73. The van der Waals surface area contributed by atoms with E-state index in [0.717, 1.165) is 42.1 Å². The van der Waals surface area contributed by atoms with Gasteiger partial charge in [0.25, 0.3) is 0 Å². The van der Waals surface area contributed by atoms with Gasteiger partial charge in [-0.05, 0) is 85.5 Å². The first-order chi connectivity index (χ1) is 14.4. The number of carbonyl (C=O) groups excluding carboxylic acids is 1. The van der Waals surface area contributed by atoms with Gasteiger partial charge in [0.15, 0.2) is 0 Å². The van der Waals surface area contributed by atoms with Crippen molar-refractivity contribution in [3.05, 3.63) is 70.1 Å². The third kappa shape index (κ3) is 4.45. The van der Waals surface area contributed by atoms with Gasteiger partial charge in [-0.3, -0.25) is 9.78 Å². The molecule has 1 aliphatic carbocycles. The van der Waals surface area contributed by atoms with Crippen molar-refractivity contribution < 1.29 is 9.18 Å². The molecule has 1 aromatic heterocycles. The van der Waals surface area contributed by atoms with E-state index in [-0.39, 0.29) is 17.6 Å². The van der Waals surface area contributed by atoms with E-state index in [2.05, 4.69) is 10.3 Å². The summed E-state index contributed by atoms with van der Waals surface area (Å²) >= 11 is 12.0. The van der Waals surface area contributed by atoms with Crippen LogP contribution in [0.1, 0.15) is 44.1 Å². The summed E-state index contributed by atoms with van der Waals surface area (Å²) < 4.78 is 13.8. The molecule has 6 heteroatoms. The first kappa shape index (κ1) is 21.1. The Balaban J connectivity index is 1.41. The van der Waals surface area contributed by atoms with Crippen molar-refractivity contribution in [3.8, 4) is 0 Å². The van der Waals surface area contributed by atoms with E-state index in [1.165, 1.54) is 6.07 Å². The SMILES string of the molecule is C[C@@H](C(=O)Nc1ccc(Cl)c(Cl)c1)[C@H]1CC[C@@H](c2ccnc3ccc(F)cc32)CC1. The molecule has 1 heterocycles. The lowest BCUT2D eigenvalue weighted by molar-refractivity contribution is -0.121. The number of fused-ring (bicyclic) bond motifs is 1. The summed E-state index contributed by atoms with van der Waals surface area (Å²) in [6.45, 7) is 1.98. The van der Waals surface area contributed by atoms with Crippen LogP contribution in [0.15, 0.2) is 48.7 Å². The lowest BCUT2D eigenvalue weighted by atomic mass is 9.73. The summed E-state index contributed by atoms with van der Waals surface area (Å²) in [5.74, 6) is 0.325. The topological polar surface area (TPSA) is 42.0 Å². The maximum atomic E-state index is 13.8. The monoisotopic (exact) mass is 444 g/mol. The van der Waals surface area contributed by atoms with Crippen molar-refractivity contribution in [2.24, 2.45) is 11.8 Å². The molecule has 3 aromatic rings. The van der Waals surface area contributed by atoms with Crippen molar-refractivity contribution in [1.29, 1.82) is 0 Å². The van der Waals surface area contributed by atoms with E-state index in [4.69, 9.17) is 23.2 Å². The lowest BCUT2D eigenvalue weighted by Gasteiger charge is -2.32. The van der Waals surface area contributed by atoms with Crippen molar-refractivity contribution in [1.82, 2.24) is 4.98 Å². The van der Waals surface area contributed by atoms with Crippen molar-refractivity contribution in [2.45, 2.75) is 38.5 Å². The zero-order valence-electron chi connectivity index (χ0n) is 16.7. The number of carbonyl (C=O) groups is 1. The molecule has 2 aromatic carbocycles.